The van der Waals surface area contributed by atoms with Crippen LogP contribution in [-0.2, 0) is 4.79 Å². The fourth-order valence-electron chi connectivity index (χ4n) is 3.03. The molecule has 1 aromatic carbocycles. The van der Waals surface area contributed by atoms with E-state index >= 15 is 0 Å². The molecule has 0 bridgehead atoms. The monoisotopic (exact) mass is 340 g/mol. The molecule has 0 radical (unpaired) electrons. The summed E-state index contributed by atoms with van der Waals surface area (Å²) < 4.78 is 1.87. The summed E-state index contributed by atoms with van der Waals surface area (Å²) in [5, 5.41) is 8.19. The third-order valence-corrected chi connectivity index (χ3v) is 4.43. The number of carbonyl (C=O) groups excluding carboxylic acids is 1. The third kappa shape index (κ3) is 2.73. The fourth-order valence-corrected chi connectivity index (χ4v) is 3.30. The van der Waals surface area contributed by atoms with E-state index in [0.29, 0.717) is 11.7 Å². The Labute approximate surface area is 147 Å². The number of hydrogen-bond acceptors (Lipinski definition) is 3. The standard InChI is InChI=1S/C18H20N4OS/c1-11(2)10-21-17(23)16(19-18(21)24)15-12(3)20-22(13(15)4)14-8-6-5-7-9-14/h5-9,16H,1,10H2,2-4H3,(H,19,24)/t16-/m0/s1. The summed E-state index contributed by atoms with van der Waals surface area (Å²) in [7, 11) is 0. The summed E-state index contributed by atoms with van der Waals surface area (Å²) in [6, 6.07) is 9.39. The first-order valence-electron chi connectivity index (χ1n) is 7.78. The molecule has 3 rings (SSSR count). The molecule has 2 heterocycles. The molecule has 2 aromatic rings. The Hall–Kier alpha value is -2.47. The van der Waals surface area contributed by atoms with Crippen LogP contribution in [0.25, 0.3) is 5.69 Å². The van der Waals surface area contributed by atoms with Crippen LogP contribution in [0.3, 0.4) is 0 Å². The molecule has 1 saturated heterocycles. The summed E-state index contributed by atoms with van der Waals surface area (Å²) in [6.45, 7) is 10.1. The SMILES string of the molecule is C=C(C)CN1C(=O)[C@H](c2c(C)nn(-c3ccccc3)c2C)NC1=S. The molecule has 124 valence electrons. The van der Waals surface area contributed by atoms with E-state index in [2.05, 4.69) is 17.0 Å². The largest absolute Gasteiger partial charge is 0.347 e. The van der Waals surface area contributed by atoms with E-state index in [1.165, 1.54) is 0 Å². The number of nitrogens with one attached hydrogen (secondary N) is 1. The molecular weight excluding hydrogens is 320 g/mol. The maximum Gasteiger partial charge on any atom is 0.256 e. The van der Waals surface area contributed by atoms with Gasteiger partial charge in [0.15, 0.2) is 5.11 Å². The van der Waals surface area contributed by atoms with Crippen molar-refractivity contribution in [3.8, 4) is 5.69 Å². The van der Waals surface area contributed by atoms with Crippen molar-refractivity contribution in [2.45, 2.75) is 26.8 Å². The van der Waals surface area contributed by atoms with Gasteiger partial charge in [0.25, 0.3) is 5.91 Å². The molecule has 1 atom stereocenters. The molecule has 6 heteroatoms. The van der Waals surface area contributed by atoms with Crippen molar-refractivity contribution in [1.82, 2.24) is 20.0 Å². The van der Waals surface area contributed by atoms with Crippen LogP contribution in [0.15, 0.2) is 42.5 Å². The highest BCUT2D eigenvalue weighted by molar-refractivity contribution is 7.80. The number of nitrogens with zero attached hydrogens (tertiary/aromatic N) is 3. The Kier molecular flexibility index (Phi) is 4.24. The summed E-state index contributed by atoms with van der Waals surface area (Å²) in [4.78, 5) is 14.4. The van der Waals surface area contributed by atoms with E-state index in [1.807, 2.05) is 55.8 Å². The molecule has 0 spiro atoms. The van der Waals surface area contributed by atoms with Crippen molar-refractivity contribution in [3.63, 3.8) is 0 Å². The lowest BCUT2D eigenvalue weighted by Crippen LogP contribution is -2.32. The second-order valence-electron chi connectivity index (χ2n) is 6.10. The van der Waals surface area contributed by atoms with Crippen molar-refractivity contribution in [1.29, 1.82) is 0 Å². The molecule has 1 aliphatic rings. The predicted octanol–water partition coefficient (Wildman–Crippen LogP) is 2.82. The van der Waals surface area contributed by atoms with Gasteiger partial charge in [-0.25, -0.2) is 4.68 Å². The van der Waals surface area contributed by atoms with Crippen molar-refractivity contribution < 1.29 is 4.79 Å². The summed E-state index contributed by atoms with van der Waals surface area (Å²) >= 11 is 5.33. The summed E-state index contributed by atoms with van der Waals surface area (Å²) in [6.07, 6.45) is 0. The van der Waals surface area contributed by atoms with Gasteiger partial charge in [-0.2, -0.15) is 5.10 Å². The van der Waals surface area contributed by atoms with Crippen LogP contribution in [0.4, 0.5) is 0 Å². The maximum absolute atomic E-state index is 12.8. The Bertz CT molecular complexity index is 825. The first-order valence-corrected chi connectivity index (χ1v) is 8.18. The lowest BCUT2D eigenvalue weighted by molar-refractivity contribution is -0.127. The average molecular weight is 340 g/mol. The molecule has 0 aliphatic carbocycles. The Morgan fingerprint density at radius 1 is 1.33 bits per heavy atom. The highest BCUT2D eigenvalue weighted by atomic mass is 32.1. The maximum atomic E-state index is 12.8. The number of rotatable bonds is 4. The zero-order valence-electron chi connectivity index (χ0n) is 14.0. The van der Waals surface area contributed by atoms with Crippen LogP contribution in [0.2, 0.25) is 0 Å². The van der Waals surface area contributed by atoms with Crippen LogP contribution in [0.5, 0.6) is 0 Å². The van der Waals surface area contributed by atoms with Crippen LogP contribution in [-0.4, -0.2) is 32.2 Å². The quantitative estimate of drug-likeness (QED) is 0.687. The van der Waals surface area contributed by atoms with Crippen LogP contribution in [0.1, 0.15) is 29.9 Å². The molecule has 1 fully saturated rings. The van der Waals surface area contributed by atoms with Gasteiger partial charge in [-0.15, -0.1) is 0 Å². The zero-order valence-corrected chi connectivity index (χ0v) is 14.9. The first-order chi connectivity index (χ1) is 11.4. The minimum atomic E-state index is -0.491. The molecule has 0 saturated carbocycles. The molecular formula is C18H20N4OS. The lowest BCUT2D eigenvalue weighted by Gasteiger charge is -2.14. The number of para-hydroxylation sites is 1. The second-order valence-corrected chi connectivity index (χ2v) is 6.48. The molecule has 1 aromatic heterocycles. The van der Waals surface area contributed by atoms with E-state index < -0.39 is 6.04 Å². The number of amides is 1. The number of aromatic nitrogens is 2. The van der Waals surface area contributed by atoms with Gasteiger partial charge in [0.05, 0.1) is 11.4 Å². The van der Waals surface area contributed by atoms with Gasteiger partial charge in [0.2, 0.25) is 0 Å². The Balaban J connectivity index is 1.99. The second kappa shape index (κ2) is 6.20. The molecule has 5 nitrogen and oxygen atoms in total. The van der Waals surface area contributed by atoms with Crippen molar-refractivity contribution in [3.05, 3.63) is 59.4 Å². The highest BCUT2D eigenvalue weighted by Crippen LogP contribution is 2.29. The van der Waals surface area contributed by atoms with Crippen molar-refractivity contribution in [2.24, 2.45) is 0 Å². The van der Waals surface area contributed by atoms with Gasteiger partial charge in [0.1, 0.15) is 6.04 Å². The van der Waals surface area contributed by atoms with Crippen LogP contribution < -0.4 is 5.32 Å². The minimum absolute atomic E-state index is 0.0539. The zero-order chi connectivity index (χ0) is 17.4. The Morgan fingerprint density at radius 3 is 2.62 bits per heavy atom. The molecule has 0 unspecified atom stereocenters. The van der Waals surface area contributed by atoms with E-state index in [-0.39, 0.29) is 5.91 Å². The van der Waals surface area contributed by atoms with Gasteiger partial charge in [-0.05, 0) is 45.1 Å². The van der Waals surface area contributed by atoms with Gasteiger partial charge in [0, 0.05) is 17.8 Å². The predicted molar refractivity (Wildman–Crippen MR) is 98.0 cm³/mol. The summed E-state index contributed by atoms with van der Waals surface area (Å²) in [5.74, 6) is -0.0539. The van der Waals surface area contributed by atoms with Crippen LogP contribution in [0, 0.1) is 13.8 Å². The minimum Gasteiger partial charge on any atom is -0.347 e. The van der Waals surface area contributed by atoms with Gasteiger partial charge >= 0.3 is 0 Å². The van der Waals surface area contributed by atoms with Crippen molar-refractivity contribution >= 4 is 23.2 Å². The first kappa shape index (κ1) is 16.4. The Morgan fingerprint density at radius 2 is 2.00 bits per heavy atom. The molecule has 1 aliphatic heterocycles. The third-order valence-electron chi connectivity index (χ3n) is 4.09. The normalized spacial score (nSPS) is 17.3. The smallest absolute Gasteiger partial charge is 0.256 e. The molecule has 24 heavy (non-hydrogen) atoms. The number of thiocarbonyl (C=S) groups is 1. The molecule has 1 N–H and O–H groups in total. The average Bonchev–Trinajstić information content (AvgIpc) is 2.98. The topological polar surface area (TPSA) is 50.2 Å². The number of benzene rings is 1. The van der Waals surface area contributed by atoms with E-state index in [1.54, 1.807) is 4.90 Å². The van der Waals surface area contributed by atoms with E-state index in [0.717, 1.165) is 28.2 Å². The summed E-state index contributed by atoms with van der Waals surface area (Å²) in [5.41, 5.74) is 4.50. The number of aryl methyl sites for hydroxylation is 1. The van der Waals surface area contributed by atoms with Crippen LogP contribution >= 0.6 is 12.2 Å². The van der Waals surface area contributed by atoms with Gasteiger partial charge < -0.3 is 5.32 Å². The molecule has 1 amide bonds. The van der Waals surface area contributed by atoms with E-state index in [9.17, 15) is 4.79 Å². The number of carbonyl (C=O) groups is 1. The van der Waals surface area contributed by atoms with Gasteiger partial charge in [-0.3, -0.25) is 9.69 Å². The fraction of sp³-hybridized carbons (Fsp3) is 0.278. The highest BCUT2D eigenvalue weighted by Gasteiger charge is 2.39. The van der Waals surface area contributed by atoms with E-state index in [4.69, 9.17) is 12.2 Å². The number of hydrogen-bond donors (Lipinski definition) is 1. The van der Waals surface area contributed by atoms with Gasteiger partial charge in [-0.1, -0.05) is 30.4 Å². The lowest BCUT2D eigenvalue weighted by atomic mass is 10.0. The van der Waals surface area contributed by atoms with Crippen molar-refractivity contribution in [2.75, 3.05) is 6.54 Å².